The summed E-state index contributed by atoms with van der Waals surface area (Å²) in [5.41, 5.74) is -1.20. The maximum absolute atomic E-state index is 13.1. The topological polar surface area (TPSA) is 71.4 Å². The molecule has 1 aromatic rings. The maximum Gasteiger partial charge on any atom is 0.417 e. The van der Waals surface area contributed by atoms with Gasteiger partial charge in [-0.2, -0.15) is 13.2 Å². The highest BCUT2D eigenvalue weighted by molar-refractivity contribution is 7.92. The smallest absolute Gasteiger partial charge is 0.417 e. The Morgan fingerprint density at radius 2 is 1.88 bits per heavy atom. The number of hydrogen-bond acceptors (Lipinski definition) is 3. The van der Waals surface area contributed by atoms with Gasteiger partial charge in [-0.05, 0) is 37.3 Å². The molecule has 4 nitrogen and oxygen atoms in total. The number of carboxylic acids is 1. The zero-order chi connectivity index (χ0) is 18.1. The number of sulfone groups is 1. The summed E-state index contributed by atoms with van der Waals surface area (Å²) >= 11 is 0. The lowest BCUT2D eigenvalue weighted by Crippen LogP contribution is -2.23. The zero-order valence-electron chi connectivity index (χ0n) is 13.1. The van der Waals surface area contributed by atoms with Gasteiger partial charge in [-0.1, -0.05) is 25.5 Å². The Hall–Kier alpha value is -1.57. The molecular weight excluding hydrogens is 345 g/mol. The zero-order valence-corrected chi connectivity index (χ0v) is 13.9. The first-order valence-corrected chi connectivity index (χ1v) is 9.26. The van der Waals surface area contributed by atoms with Crippen molar-refractivity contribution in [2.75, 3.05) is 0 Å². The molecule has 0 aromatic heterocycles. The molecule has 24 heavy (non-hydrogen) atoms. The number of carboxylic acid groups (broad SMARTS) is 1. The summed E-state index contributed by atoms with van der Waals surface area (Å²) < 4.78 is 64.8. The second-order valence-electron chi connectivity index (χ2n) is 6.13. The van der Waals surface area contributed by atoms with Crippen molar-refractivity contribution in [3.63, 3.8) is 0 Å². The molecule has 134 valence electrons. The van der Waals surface area contributed by atoms with E-state index in [4.69, 9.17) is 0 Å². The molecule has 1 N–H and O–H groups in total. The third-order valence-corrected chi connectivity index (χ3v) is 6.80. The third-order valence-electron chi connectivity index (χ3n) is 4.57. The van der Waals surface area contributed by atoms with Crippen LogP contribution in [0.5, 0.6) is 0 Å². The van der Waals surface area contributed by atoms with Crippen LogP contribution in [0.4, 0.5) is 13.2 Å². The molecule has 0 amide bonds. The number of halogens is 3. The number of carbonyl (C=O) groups is 1. The van der Waals surface area contributed by atoms with Crippen LogP contribution in [0.2, 0.25) is 0 Å². The molecule has 1 saturated carbocycles. The third kappa shape index (κ3) is 3.58. The second-order valence-corrected chi connectivity index (χ2v) is 8.32. The van der Waals surface area contributed by atoms with Crippen molar-refractivity contribution in [2.24, 2.45) is 11.8 Å². The van der Waals surface area contributed by atoms with Gasteiger partial charge in [0.15, 0.2) is 9.84 Å². The van der Waals surface area contributed by atoms with Gasteiger partial charge in [-0.3, -0.25) is 4.79 Å². The van der Waals surface area contributed by atoms with E-state index in [0.717, 1.165) is 18.2 Å². The van der Waals surface area contributed by atoms with E-state index in [1.807, 2.05) is 6.92 Å². The Morgan fingerprint density at radius 3 is 2.42 bits per heavy atom. The van der Waals surface area contributed by atoms with Crippen LogP contribution in [0.3, 0.4) is 0 Å². The van der Waals surface area contributed by atoms with E-state index >= 15 is 0 Å². The number of alkyl halides is 3. The Kier molecular flexibility index (Phi) is 5.27. The molecule has 2 rings (SSSR count). The molecule has 0 saturated heterocycles. The minimum absolute atomic E-state index is 0.0827. The van der Waals surface area contributed by atoms with Crippen LogP contribution >= 0.6 is 0 Å². The first kappa shape index (κ1) is 18.8. The highest BCUT2D eigenvalue weighted by atomic mass is 32.2. The van der Waals surface area contributed by atoms with Crippen molar-refractivity contribution in [1.29, 1.82) is 0 Å². The monoisotopic (exact) mass is 364 g/mol. The fourth-order valence-electron chi connectivity index (χ4n) is 3.45. The molecule has 0 heterocycles. The highest BCUT2D eigenvalue weighted by Crippen LogP contribution is 2.43. The van der Waals surface area contributed by atoms with E-state index in [0.29, 0.717) is 12.8 Å². The Bertz CT molecular complexity index is 712. The van der Waals surface area contributed by atoms with Crippen molar-refractivity contribution in [2.45, 2.75) is 48.9 Å². The average molecular weight is 364 g/mol. The molecule has 0 aliphatic heterocycles. The lowest BCUT2D eigenvalue weighted by atomic mass is 9.92. The molecular formula is C16H19F3O4S. The number of aliphatic carboxylic acids is 1. The van der Waals surface area contributed by atoms with Gasteiger partial charge in [0.1, 0.15) is 0 Å². The molecule has 1 fully saturated rings. The predicted octanol–water partition coefficient (Wildman–Crippen LogP) is 3.76. The molecule has 0 unspecified atom stereocenters. The van der Waals surface area contributed by atoms with E-state index in [1.165, 1.54) is 6.07 Å². The fraction of sp³-hybridized carbons (Fsp3) is 0.562. The number of rotatable bonds is 5. The number of hydrogen-bond donors (Lipinski definition) is 1. The van der Waals surface area contributed by atoms with Crippen LogP contribution in [0.25, 0.3) is 0 Å². The molecule has 0 spiro atoms. The summed E-state index contributed by atoms with van der Waals surface area (Å²) in [6, 6.07) is 4.06. The van der Waals surface area contributed by atoms with Crippen molar-refractivity contribution in [3.05, 3.63) is 29.8 Å². The molecule has 3 atom stereocenters. The van der Waals surface area contributed by atoms with E-state index < -0.39 is 43.6 Å². The molecule has 1 aliphatic carbocycles. The minimum atomic E-state index is -4.78. The molecule has 1 aromatic carbocycles. The lowest BCUT2D eigenvalue weighted by Gasteiger charge is -2.17. The van der Waals surface area contributed by atoms with E-state index in [9.17, 15) is 31.5 Å². The summed E-state index contributed by atoms with van der Waals surface area (Å²) in [6.45, 7) is 1.86. The molecule has 8 heteroatoms. The summed E-state index contributed by atoms with van der Waals surface area (Å²) in [5, 5.41) is 8.17. The second kappa shape index (κ2) is 6.74. The molecule has 1 aliphatic rings. The van der Waals surface area contributed by atoms with Crippen molar-refractivity contribution >= 4 is 15.8 Å². The van der Waals surface area contributed by atoms with Crippen LogP contribution in [-0.2, 0) is 20.8 Å². The average Bonchev–Trinajstić information content (AvgIpc) is 2.92. The largest absolute Gasteiger partial charge is 0.481 e. The minimum Gasteiger partial charge on any atom is -0.481 e. The van der Waals surface area contributed by atoms with E-state index in [1.54, 1.807) is 0 Å². The van der Waals surface area contributed by atoms with Crippen LogP contribution < -0.4 is 0 Å². The summed E-state index contributed by atoms with van der Waals surface area (Å²) in [5.74, 6) is -2.25. The van der Waals surface area contributed by atoms with Crippen LogP contribution in [-0.4, -0.2) is 24.7 Å². The molecule has 0 bridgehead atoms. The summed E-state index contributed by atoms with van der Waals surface area (Å²) in [6.07, 6.45) is -3.60. The summed E-state index contributed by atoms with van der Waals surface area (Å²) in [7, 11) is -4.25. The highest BCUT2D eigenvalue weighted by Gasteiger charge is 2.46. The SMILES string of the molecule is CCC[C@H]1C[C@H](S(=O)(=O)c2ccccc2C(F)(F)F)C[C@@H]1C(=O)O. The van der Waals surface area contributed by atoms with Gasteiger partial charge in [0.25, 0.3) is 0 Å². The van der Waals surface area contributed by atoms with Crippen molar-refractivity contribution < 1.29 is 31.5 Å². The molecule has 0 radical (unpaired) electrons. The first-order valence-electron chi connectivity index (χ1n) is 7.72. The van der Waals surface area contributed by atoms with E-state index in [2.05, 4.69) is 0 Å². The van der Waals surface area contributed by atoms with Gasteiger partial charge in [0.2, 0.25) is 0 Å². The van der Waals surface area contributed by atoms with Gasteiger partial charge in [-0.15, -0.1) is 0 Å². The first-order chi connectivity index (χ1) is 11.1. The Labute approximate surface area is 138 Å². The van der Waals surface area contributed by atoms with E-state index in [-0.39, 0.29) is 18.8 Å². The fourth-order valence-corrected chi connectivity index (χ4v) is 5.53. The van der Waals surface area contributed by atoms with Gasteiger partial charge in [0.05, 0.1) is 21.6 Å². The van der Waals surface area contributed by atoms with Crippen LogP contribution in [0.1, 0.15) is 38.2 Å². The van der Waals surface area contributed by atoms with Gasteiger partial charge < -0.3 is 5.11 Å². The van der Waals surface area contributed by atoms with Gasteiger partial charge in [0, 0.05) is 0 Å². The van der Waals surface area contributed by atoms with Crippen LogP contribution in [0.15, 0.2) is 29.2 Å². The lowest BCUT2D eigenvalue weighted by molar-refractivity contribution is -0.143. The predicted molar refractivity (Wildman–Crippen MR) is 81.2 cm³/mol. The van der Waals surface area contributed by atoms with Crippen molar-refractivity contribution in [1.82, 2.24) is 0 Å². The van der Waals surface area contributed by atoms with Gasteiger partial charge >= 0.3 is 12.1 Å². The Balaban J connectivity index is 2.41. The van der Waals surface area contributed by atoms with Crippen molar-refractivity contribution in [3.8, 4) is 0 Å². The Morgan fingerprint density at radius 1 is 1.25 bits per heavy atom. The quantitative estimate of drug-likeness (QED) is 0.864. The maximum atomic E-state index is 13.1. The van der Waals surface area contributed by atoms with Crippen LogP contribution in [0, 0.1) is 11.8 Å². The number of benzene rings is 1. The summed E-state index contributed by atoms with van der Waals surface area (Å²) in [4.78, 5) is 10.6. The normalized spacial score (nSPS) is 24.9. The standard InChI is InChI=1S/C16H19F3O4S/c1-2-5-10-8-11(9-12(10)15(20)21)24(22,23)14-7-4-3-6-13(14)16(17,18)19/h3-4,6-7,10-12H,2,5,8-9H2,1H3,(H,20,21)/t10-,11-,12-/m0/s1. The van der Waals surface area contributed by atoms with Gasteiger partial charge in [-0.25, -0.2) is 8.42 Å².